The van der Waals surface area contributed by atoms with Gasteiger partial charge in [0.1, 0.15) is 12.6 Å². The minimum atomic E-state index is -3.78. The van der Waals surface area contributed by atoms with Gasteiger partial charge < -0.3 is 10.2 Å². The van der Waals surface area contributed by atoms with Crippen LogP contribution in [0.4, 0.5) is 5.69 Å². The predicted molar refractivity (Wildman–Crippen MR) is 129 cm³/mol. The summed E-state index contributed by atoms with van der Waals surface area (Å²) in [5, 5.41) is 3.21. The van der Waals surface area contributed by atoms with Crippen LogP contribution in [0.25, 0.3) is 0 Å². The first-order chi connectivity index (χ1) is 14.8. The van der Waals surface area contributed by atoms with Gasteiger partial charge in [-0.3, -0.25) is 13.9 Å². The summed E-state index contributed by atoms with van der Waals surface area (Å²) in [6.45, 7) is 4.80. The third-order valence-electron chi connectivity index (χ3n) is 5.06. The Balaban J connectivity index is 2.44. The van der Waals surface area contributed by atoms with E-state index in [2.05, 4.69) is 5.32 Å². The molecule has 0 heterocycles. The Bertz CT molecular complexity index is 1120. The van der Waals surface area contributed by atoms with Crippen molar-refractivity contribution in [1.29, 1.82) is 0 Å². The molecule has 0 radical (unpaired) electrons. The van der Waals surface area contributed by atoms with Crippen molar-refractivity contribution in [1.82, 2.24) is 10.2 Å². The van der Waals surface area contributed by atoms with Gasteiger partial charge in [-0.05, 0) is 55.7 Å². The summed E-state index contributed by atoms with van der Waals surface area (Å²) in [5.41, 5.74) is 2.64. The zero-order valence-corrected chi connectivity index (χ0v) is 21.0. The van der Waals surface area contributed by atoms with Crippen LogP contribution in [0.15, 0.2) is 36.4 Å². The summed E-state index contributed by atoms with van der Waals surface area (Å²) in [7, 11) is -2.30. The van der Waals surface area contributed by atoms with Crippen LogP contribution in [0.3, 0.4) is 0 Å². The lowest BCUT2D eigenvalue weighted by atomic mass is 10.1. The van der Waals surface area contributed by atoms with Crippen LogP contribution in [0, 0.1) is 13.8 Å². The highest BCUT2D eigenvalue weighted by atomic mass is 35.5. The van der Waals surface area contributed by atoms with Gasteiger partial charge >= 0.3 is 0 Å². The van der Waals surface area contributed by atoms with E-state index in [1.54, 1.807) is 44.2 Å². The second kappa shape index (κ2) is 10.6. The lowest BCUT2D eigenvalue weighted by molar-refractivity contribution is -0.139. The molecule has 1 N–H and O–H groups in total. The van der Waals surface area contributed by atoms with Gasteiger partial charge in [0.15, 0.2) is 0 Å². The molecule has 0 spiro atoms. The zero-order valence-electron chi connectivity index (χ0n) is 18.6. The van der Waals surface area contributed by atoms with E-state index in [4.69, 9.17) is 23.2 Å². The molecule has 0 aromatic heterocycles. The molecule has 2 rings (SSSR count). The SMILES string of the molecule is CNC(=O)[C@H](C)N(Cc1ccc(Cl)c(Cl)c1)C(=O)CN(c1cc(C)ccc1C)S(C)(=O)=O. The number of hydrogen-bond donors (Lipinski definition) is 1. The molecule has 32 heavy (non-hydrogen) atoms. The van der Waals surface area contributed by atoms with Crippen molar-refractivity contribution in [2.45, 2.75) is 33.4 Å². The second-order valence-corrected chi connectivity index (χ2v) is 10.3. The van der Waals surface area contributed by atoms with Gasteiger partial charge in [0.05, 0.1) is 22.0 Å². The molecule has 0 aliphatic carbocycles. The smallest absolute Gasteiger partial charge is 0.244 e. The second-order valence-electron chi connectivity index (χ2n) is 7.62. The molecule has 1 atom stereocenters. The third kappa shape index (κ3) is 6.37. The van der Waals surface area contributed by atoms with E-state index < -0.39 is 28.5 Å². The maximum absolute atomic E-state index is 13.4. The van der Waals surface area contributed by atoms with Crippen molar-refractivity contribution < 1.29 is 18.0 Å². The molecule has 2 amide bonds. The van der Waals surface area contributed by atoms with Gasteiger partial charge in [-0.2, -0.15) is 0 Å². The first kappa shape index (κ1) is 26.0. The van der Waals surface area contributed by atoms with Gasteiger partial charge in [0.2, 0.25) is 21.8 Å². The molecular weight excluding hydrogens is 473 g/mol. The fraction of sp³-hybridized carbons (Fsp3) is 0.364. The number of amides is 2. The first-order valence-corrected chi connectivity index (χ1v) is 12.5. The number of likely N-dealkylation sites (N-methyl/N-ethyl adjacent to an activating group) is 1. The van der Waals surface area contributed by atoms with Crippen LogP contribution >= 0.6 is 23.2 Å². The van der Waals surface area contributed by atoms with Crippen molar-refractivity contribution in [2.24, 2.45) is 0 Å². The number of carbonyl (C=O) groups excluding carboxylic acids is 2. The highest BCUT2D eigenvalue weighted by molar-refractivity contribution is 7.92. The van der Waals surface area contributed by atoms with E-state index in [9.17, 15) is 18.0 Å². The summed E-state index contributed by atoms with van der Waals surface area (Å²) < 4.78 is 26.3. The number of nitrogens with one attached hydrogen (secondary N) is 1. The Kier molecular flexibility index (Phi) is 8.56. The fourth-order valence-electron chi connectivity index (χ4n) is 3.21. The van der Waals surface area contributed by atoms with Crippen molar-refractivity contribution in [3.8, 4) is 0 Å². The molecule has 0 saturated carbocycles. The molecule has 0 bridgehead atoms. The molecule has 0 aliphatic rings. The molecule has 0 saturated heterocycles. The van der Waals surface area contributed by atoms with Crippen molar-refractivity contribution in [3.05, 3.63) is 63.1 Å². The van der Waals surface area contributed by atoms with Gasteiger partial charge in [0.25, 0.3) is 0 Å². The molecule has 0 fully saturated rings. The van der Waals surface area contributed by atoms with Crippen LogP contribution in [0.5, 0.6) is 0 Å². The number of nitrogens with zero attached hydrogens (tertiary/aromatic N) is 2. The predicted octanol–water partition coefficient (Wildman–Crippen LogP) is 3.54. The van der Waals surface area contributed by atoms with E-state index >= 15 is 0 Å². The monoisotopic (exact) mass is 499 g/mol. The molecule has 174 valence electrons. The fourth-order valence-corrected chi connectivity index (χ4v) is 4.43. The van der Waals surface area contributed by atoms with E-state index in [1.807, 2.05) is 13.0 Å². The van der Waals surface area contributed by atoms with Gasteiger partial charge in [-0.15, -0.1) is 0 Å². The third-order valence-corrected chi connectivity index (χ3v) is 6.93. The van der Waals surface area contributed by atoms with Crippen LogP contribution in [0.1, 0.15) is 23.6 Å². The largest absolute Gasteiger partial charge is 0.357 e. The van der Waals surface area contributed by atoms with E-state index in [0.29, 0.717) is 26.9 Å². The Morgan fingerprint density at radius 2 is 1.72 bits per heavy atom. The molecule has 0 unspecified atom stereocenters. The number of aryl methyl sites for hydroxylation is 2. The average molecular weight is 500 g/mol. The molecule has 2 aromatic rings. The summed E-state index contributed by atoms with van der Waals surface area (Å²) in [4.78, 5) is 27.0. The van der Waals surface area contributed by atoms with Gasteiger partial charge in [-0.1, -0.05) is 41.4 Å². The molecule has 0 aliphatic heterocycles. The molecular formula is C22H27Cl2N3O4S. The lowest BCUT2D eigenvalue weighted by Gasteiger charge is -2.31. The number of halogens is 2. The topological polar surface area (TPSA) is 86.8 Å². The Morgan fingerprint density at radius 1 is 1.06 bits per heavy atom. The number of benzene rings is 2. The Morgan fingerprint density at radius 3 is 2.28 bits per heavy atom. The minimum Gasteiger partial charge on any atom is -0.357 e. The summed E-state index contributed by atoms with van der Waals surface area (Å²) in [6.07, 6.45) is 1.05. The van der Waals surface area contributed by atoms with E-state index in [0.717, 1.165) is 16.1 Å². The van der Waals surface area contributed by atoms with Crippen LogP contribution in [-0.2, 0) is 26.2 Å². The average Bonchev–Trinajstić information content (AvgIpc) is 2.72. The van der Waals surface area contributed by atoms with E-state index in [1.165, 1.54) is 11.9 Å². The van der Waals surface area contributed by atoms with E-state index in [-0.39, 0.29) is 12.5 Å². The van der Waals surface area contributed by atoms with Gasteiger partial charge in [-0.25, -0.2) is 8.42 Å². The quantitative estimate of drug-likeness (QED) is 0.601. The maximum atomic E-state index is 13.4. The number of carbonyl (C=O) groups is 2. The minimum absolute atomic E-state index is 0.0503. The van der Waals surface area contributed by atoms with Crippen molar-refractivity contribution >= 4 is 50.7 Å². The standard InChI is InChI=1S/C22H27Cl2N3O4S/c1-14-6-7-15(2)20(10-14)27(32(5,30)31)13-21(28)26(16(3)22(29)25-4)12-17-8-9-18(23)19(24)11-17/h6-11,16H,12-13H2,1-5H3,(H,25,29)/t16-/m0/s1. The Hall–Kier alpha value is -2.29. The number of anilines is 1. The normalized spacial score (nSPS) is 12.2. The number of rotatable bonds is 8. The first-order valence-electron chi connectivity index (χ1n) is 9.85. The lowest BCUT2D eigenvalue weighted by Crippen LogP contribution is -2.50. The van der Waals surface area contributed by atoms with Crippen LogP contribution in [0.2, 0.25) is 10.0 Å². The Labute approximate surface area is 199 Å². The van der Waals surface area contributed by atoms with Crippen LogP contribution in [-0.4, -0.2) is 51.0 Å². The summed E-state index contributed by atoms with van der Waals surface area (Å²) in [5.74, 6) is -0.908. The highest BCUT2D eigenvalue weighted by Gasteiger charge is 2.30. The van der Waals surface area contributed by atoms with Crippen LogP contribution < -0.4 is 9.62 Å². The van der Waals surface area contributed by atoms with Crippen molar-refractivity contribution in [2.75, 3.05) is 24.2 Å². The summed E-state index contributed by atoms with van der Waals surface area (Å²) in [6, 6.07) is 9.45. The maximum Gasteiger partial charge on any atom is 0.244 e. The molecule has 7 nitrogen and oxygen atoms in total. The molecule has 2 aromatic carbocycles. The highest BCUT2D eigenvalue weighted by Crippen LogP contribution is 2.26. The zero-order chi connectivity index (χ0) is 24.2. The molecule has 10 heteroatoms. The number of sulfonamides is 1. The van der Waals surface area contributed by atoms with Crippen molar-refractivity contribution in [3.63, 3.8) is 0 Å². The summed E-state index contributed by atoms with van der Waals surface area (Å²) >= 11 is 12.1. The van der Waals surface area contributed by atoms with Gasteiger partial charge in [0, 0.05) is 13.6 Å². The number of hydrogen-bond acceptors (Lipinski definition) is 4.